The minimum absolute atomic E-state index is 0.158. The van der Waals surface area contributed by atoms with Gasteiger partial charge >= 0.3 is 0 Å². The Kier molecular flexibility index (Phi) is 3.33. The number of nitrogens with zero attached hydrogens (tertiary/aromatic N) is 1. The Balaban J connectivity index is 1.67. The van der Waals surface area contributed by atoms with Crippen molar-refractivity contribution in [2.45, 2.75) is 12.2 Å². The average Bonchev–Trinajstić information content (AvgIpc) is 3.03. The number of aliphatic hydroxyl groups excluding tert-OH is 2. The van der Waals surface area contributed by atoms with Gasteiger partial charge in [0.25, 0.3) is 0 Å². The Morgan fingerprint density at radius 3 is 2.65 bits per heavy atom. The highest BCUT2D eigenvalue weighted by Crippen LogP contribution is 2.32. The van der Waals surface area contributed by atoms with Gasteiger partial charge in [0, 0.05) is 19.2 Å². The number of carbonyl (C=O) groups excluding carboxylic acids is 1. The number of aliphatic hydroxyl groups is 2. The van der Waals surface area contributed by atoms with Gasteiger partial charge in [-0.05, 0) is 23.8 Å². The summed E-state index contributed by atoms with van der Waals surface area (Å²) in [6.07, 6.45) is 1.36. The lowest BCUT2D eigenvalue weighted by Gasteiger charge is -2.12. The molecule has 0 spiro atoms. The minimum Gasteiger partial charge on any atom is -0.454 e. The summed E-state index contributed by atoms with van der Waals surface area (Å²) in [5.41, 5.74) is 0.822. The first-order valence-corrected chi connectivity index (χ1v) is 6.36. The third-order valence-corrected chi connectivity index (χ3v) is 3.39. The van der Waals surface area contributed by atoms with Crippen LogP contribution in [0.1, 0.15) is 5.56 Å². The van der Waals surface area contributed by atoms with E-state index in [1.54, 1.807) is 18.2 Å². The van der Waals surface area contributed by atoms with Crippen molar-refractivity contribution in [2.24, 2.45) is 0 Å². The van der Waals surface area contributed by atoms with Crippen molar-refractivity contribution in [3.63, 3.8) is 0 Å². The first-order valence-electron chi connectivity index (χ1n) is 6.36. The molecule has 20 heavy (non-hydrogen) atoms. The van der Waals surface area contributed by atoms with Crippen LogP contribution >= 0.6 is 0 Å². The maximum Gasteiger partial charge on any atom is 0.246 e. The van der Waals surface area contributed by atoms with Crippen molar-refractivity contribution in [2.75, 3.05) is 19.9 Å². The summed E-state index contributed by atoms with van der Waals surface area (Å²) in [5.74, 6) is 1.11. The number of hydrogen-bond donors (Lipinski definition) is 2. The Morgan fingerprint density at radius 2 is 1.90 bits per heavy atom. The fraction of sp³-hybridized carbons (Fsp3) is 0.357. The molecule has 2 atom stereocenters. The summed E-state index contributed by atoms with van der Waals surface area (Å²) in [6.45, 7) is 0.530. The van der Waals surface area contributed by atoms with Crippen LogP contribution in [0.3, 0.4) is 0 Å². The number of benzene rings is 1. The van der Waals surface area contributed by atoms with Crippen LogP contribution in [0.2, 0.25) is 0 Å². The van der Waals surface area contributed by atoms with Crippen LogP contribution in [0.4, 0.5) is 0 Å². The Labute approximate surface area is 115 Å². The van der Waals surface area contributed by atoms with Crippen molar-refractivity contribution in [3.05, 3.63) is 29.8 Å². The number of likely N-dealkylation sites (tertiary alicyclic amines) is 1. The van der Waals surface area contributed by atoms with Gasteiger partial charge in [-0.1, -0.05) is 6.07 Å². The summed E-state index contributed by atoms with van der Waals surface area (Å²) >= 11 is 0. The van der Waals surface area contributed by atoms with Crippen LogP contribution in [0.5, 0.6) is 11.5 Å². The first kappa shape index (κ1) is 13.0. The molecular formula is C14H15NO5. The second-order valence-corrected chi connectivity index (χ2v) is 4.82. The Morgan fingerprint density at radius 1 is 1.20 bits per heavy atom. The molecule has 106 valence electrons. The fourth-order valence-corrected chi connectivity index (χ4v) is 2.24. The van der Waals surface area contributed by atoms with Crippen LogP contribution in [-0.4, -0.2) is 53.1 Å². The summed E-state index contributed by atoms with van der Waals surface area (Å²) in [7, 11) is 0. The van der Waals surface area contributed by atoms with Crippen molar-refractivity contribution in [3.8, 4) is 11.5 Å². The standard InChI is InChI=1S/C14H15NO5/c16-10-6-15(7-11(10)17)14(18)4-2-9-1-3-12-13(5-9)20-8-19-12/h1-5,10-11,16-17H,6-8H2/b4-2+. The molecule has 0 radical (unpaired) electrons. The molecule has 2 aliphatic heterocycles. The third-order valence-electron chi connectivity index (χ3n) is 3.39. The molecule has 2 N–H and O–H groups in total. The Hall–Kier alpha value is -2.05. The number of ether oxygens (including phenoxy) is 2. The van der Waals surface area contributed by atoms with E-state index in [0.717, 1.165) is 5.56 Å². The molecule has 1 fully saturated rings. The molecule has 3 rings (SSSR count). The quantitative estimate of drug-likeness (QED) is 0.743. The van der Waals surface area contributed by atoms with E-state index in [-0.39, 0.29) is 25.8 Å². The molecule has 6 nitrogen and oxygen atoms in total. The van der Waals surface area contributed by atoms with E-state index in [1.165, 1.54) is 11.0 Å². The van der Waals surface area contributed by atoms with E-state index in [2.05, 4.69) is 0 Å². The van der Waals surface area contributed by atoms with E-state index in [0.29, 0.717) is 11.5 Å². The smallest absolute Gasteiger partial charge is 0.246 e. The zero-order valence-corrected chi connectivity index (χ0v) is 10.7. The number of rotatable bonds is 2. The van der Waals surface area contributed by atoms with Gasteiger partial charge in [0.15, 0.2) is 11.5 Å². The number of fused-ring (bicyclic) bond motifs is 1. The van der Waals surface area contributed by atoms with Gasteiger partial charge in [-0.15, -0.1) is 0 Å². The van der Waals surface area contributed by atoms with Gasteiger partial charge in [-0.3, -0.25) is 4.79 Å². The summed E-state index contributed by atoms with van der Waals surface area (Å²) < 4.78 is 10.5. The van der Waals surface area contributed by atoms with E-state index in [1.807, 2.05) is 6.07 Å². The van der Waals surface area contributed by atoms with Gasteiger partial charge in [0.05, 0.1) is 12.2 Å². The SMILES string of the molecule is O=C(/C=C/c1ccc2c(c1)OCO2)N1CC(O)C(O)C1. The molecule has 1 amide bonds. The van der Waals surface area contributed by atoms with Crippen molar-refractivity contribution in [1.29, 1.82) is 0 Å². The zero-order valence-electron chi connectivity index (χ0n) is 10.7. The molecule has 2 heterocycles. The highest BCUT2D eigenvalue weighted by atomic mass is 16.7. The molecule has 0 aliphatic carbocycles. The number of β-amino-alcohol motifs (C(OH)–C–C–N with tert-alkyl or cyclic N) is 2. The van der Waals surface area contributed by atoms with Gasteiger partial charge in [-0.2, -0.15) is 0 Å². The number of hydrogen-bond acceptors (Lipinski definition) is 5. The second kappa shape index (κ2) is 5.15. The monoisotopic (exact) mass is 277 g/mol. The molecule has 6 heteroatoms. The minimum atomic E-state index is -0.863. The normalized spacial score (nSPS) is 24.6. The summed E-state index contributed by atoms with van der Waals surface area (Å²) in [4.78, 5) is 13.3. The summed E-state index contributed by atoms with van der Waals surface area (Å²) in [5, 5.41) is 18.8. The fourth-order valence-electron chi connectivity index (χ4n) is 2.24. The Bertz CT molecular complexity index is 546. The lowest BCUT2D eigenvalue weighted by atomic mass is 10.2. The van der Waals surface area contributed by atoms with Crippen LogP contribution in [0.25, 0.3) is 6.08 Å². The van der Waals surface area contributed by atoms with Gasteiger partial charge in [0.1, 0.15) is 0 Å². The lowest BCUT2D eigenvalue weighted by Crippen LogP contribution is -2.27. The maximum atomic E-state index is 11.9. The predicted molar refractivity (Wildman–Crippen MR) is 70.2 cm³/mol. The molecule has 1 aromatic rings. The van der Waals surface area contributed by atoms with Gasteiger partial charge in [-0.25, -0.2) is 0 Å². The summed E-state index contributed by atoms with van der Waals surface area (Å²) in [6, 6.07) is 5.40. The largest absolute Gasteiger partial charge is 0.454 e. The molecular weight excluding hydrogens is 262 g/mol. The van der Waals surface area contributed by atoms with Crippen LogP contribution < -0.4 is 9.47 Å². The van der Waals surface area contributed by atoms with Gasteiger partial charge < -0.3 is 24.6 Å². The average molecular weight is 277 g/mol. The van der Waals surface area contributed by atoms with Crippen LogP contribution in [0, 0.1) is 0 Å². The molecule has 1 aromatic carbocycles. The van der Waals surface area contributed by atoms with E-state index >= 15 is 0 Å². The predicted octanol–water partition coefficient (Wildman–Crippen LogP) is -0.00750. The molecule has 0 bridgehead atoms. The molecule has 2 aliphatic rings. The molecule has 0 aromatic heterocycles. The number of amides is 1. The van der Waals surface area contributed by atoms with E-state index in [4.69, 9.17) is 9.47 Å². The molecule has 1 saturated heterocycles. The van der Waals surface area contributed by atoms with Crippen LogP contribution in [0.15, 0.2) is 24.3 Å². The highest BCUT2D eigenvalue weighted by Gasteiger charge is 2.31. The van der Waals surface area contributed by atoms with Crippen molar-refractivity contribution >= 4 is 12.0 Å². The van der Waals surface area contributed by atoms with Crippen molar-refractivity contribution < 1.29 is 24.5 Å². The second-order valence-electron chi connectivity index (χ2n) is 4.82. The highest BCUT2D eigenvalue weighted by molar-refractivity contribution is 5.92. The third kappa shape index (κ3) is 2.48. The molecule has 2 unspecified atom stereocenters. The maximum absolute atomic E-state index is 11.9. The van der Waals surface area contributed by atoms with E-state index < -0.39 is 12.2 Å². The van der Waals surface area contributed by atoms with Crippen LogP contribution in [-0.2, 0) is 4.79 Å². The van der Waals surface area contributed by atoms with Crippen molar-refractivity contribution in [1.82, 2.24) is 4.90 Å². The molecule has 0 saturated carbocycles. The lowest BCUT2D eigenvalue weighted by molar-refractivity contribution is -0.125. The van der Waals surface area contributed by atoms with Gasteiger partial charge in [0.2, 0.25) is 12.7 Å². The topological polar surface area (TPSA) is 79.2 Å². The first-order chi connectivity index (χ1) is 9.63. The zero-order chi connectivity index (χ0) is 14.1. The van der Waals surface area contributed by atoms with E-state index in [9.17, 15) is 15.0 Å². The number of carbonyl (C=O) groups is 1.